The third-order valence-corrected chi connectivity index (χ3v) is 4.94. The monoisotopic (exact) mass is 375 g/mol. The van der Waals surface area contributed by atoms with Crippen molar-refractivity contribution in [3.05, 3.63) is 72.3 Å². The SMILES string of the molecule is CCOC(=O)c1cc(-c2ccccc2)nc2nc(Nc3ccccc3)sc12. The molecule has 0 aliphatic rings. The van der Waals surface area contributed by atoms with Crippen LogP contribution in [0.4, 0.5) is 10.8 Å². The van der Waals surface area contributed by atoms with Gasteiger partial charge in [-0.05, 0) is 25.1 Å². The lowest BCUT2D eigenvalue weighted by Crippen LogP contribution is -2.05. The Hall–Kier alpha value is -3.25. The Balaban J connectivity index is 1.82. The lowest BCUT2D eigenvalue weighted by molar-refractivity contribution is 0.0529. The number of benzene rings is 2. The van der Waals surface area contributed by atoms with Crippen LogP contribution in [0.2, 0.25) is 0 Å². The molecule has 0 atom stereocenters. The van der Waals surface area contributed by atoms with E-state index in [1.165, 1.54) is 11.3 Å². The van der Waals surface area contributed by atoms with Crippen LogP contribution in [0.25, 0.3) is 21.6 Å². The minimum absolute atomic E-state index is 0.317. The number of pyridine rings is 1. The molecular weight excluding hydrogens is 358 g/mol. The molecule has 0 radical (unpaired) electrons. The lowest BCUT2D eigenvalue weighted by Gasteiger charge is -2.06. The number of nitrogens with zero attached hydrogens (tertiary/aromatic N) is 2. The van der Waals surface area contributed by atoms with Crippen molar-refractivity contribution < 1.29 is 9.53 Å². The molecule has 6 heteroatoms. The maximum absolute atomic E-state index is 12.5. The summed E-state index contributed by atoms with van der Waals surface area (Å²) in [7, 11) is 0. The lowest BCUT2D eigenvalue weighted by atomic mass is 10.1. The fourth-order valence-electron chi connectivity index (χ4n) is 2.73. The first-order valence-corrected chi connectivity index (χ1v) is 9.42. The van der Waals surface area contributed by atoms with Gasteiger partial charge in [-0.2, -0.15) is 4.98 Å². The summed E-state index contributed by atoms with van der Waals surface area (Å²) in [5, 5.41) is 3.95. The van der Waals surface area contributed by atoms with Crippen LogP contribution >= 0.6 is 11.3 Å². The van der Waals surface area contributed by atoms with Crippen molar-refractivity contribution in [2.24, 2.45) is 0 Å². The Bertz CT molecular complexity index is 1080. The third-order valence-electron chi connectivity index (χ3n) is 3.95. The summed E-state index contributed by atoms with van der Waals surface area (Å²) in [5.74, 6) is -0.364. The number of hydrogen-bond donors (Lipinski definition) is 1. The molecule has 2 heterocycles. The van der Waals surface area contributed by atoms with Crippen molar-refractivity contribution in [2.75, 3.05) is 11.9 Å². The summed E-state index contributed by atoms with van der Waals surface area (Å²) in [4.78, 5) is 21.8. The molecule has 0 fully saturated rings. The second-order valence-corrected chi connectivity index (χ2v) is 6.80. The molecule has 2 aromatic carbocycles. The van der Waals surface area contributed by atoms with Gasteiger partial charge in [-0.15, -0.1) is 0 Å². The molecule has 134 valence electrons. The summed E-state index contributed by atoms with van der Waals surface area (Å²) in [6.07, 6.45) is 0. The normalized spacial score (nSPS) is 10.7. The van der Waals surface area contributed by atoms with Crippen molar-refractivity contribution >= 4 is 38.5 Å². The topological polar surface area (TPSA) is 64.1 Å². The van der Waals surface area contributed by atoms with E-state index >= 15 is 0 Å². The third kappa shape index (κ3) is 3.66. The molecule has 0 aliphatic heterocycles. The molecule has 4 aromatic rings. The number of esters is 1. The number of carbonyl (C=O) groups excluding carboxylic acids is 1. The van der Waals surface area contributed by atoms with Gasteiger partial charge in [0, 0.05) is 11.3 Å². The highest BCUT2D eigenvalue weighted by Gasteiger charge is 2.19. The van der Waals surface area contributed by atoms with E-state index in [-0.39, 0.29) is 5.97 Å². The van der Waals surface area contributed by atoms with Crippen molar-refractivity contribution in [3.63, 3.8) is 0 Å². The number of fused-ring (bicyclic) bond motifs is 1. The summed E-state index contributed by atoms with van der Waals surface area (Å²) < 4.78 is 5.96. The van der Waals surface area contributed by atoms with Crippen LogP contribution in [-0.2, 0) is 4.74 Å². The van der Waals surface area contributed by atoms with E-state index in [0.29, 0.717) is 33.3 Å². The second kappa shape index (κ2) is 7.55. The summed E-state index contributed by atoms with van der Waals surface area (Å²) in [6.45, 7) is 2.11. The predicted octanol–water partition coefficient (Wildman–Crippen LogP) is 5.28. The van der Waals surface area contributed by atoms with Crippen LogP contribution in [0.5, 0.6) is 0 Å². The van der Waals surface area contributed by atoms with Crippen LogP contribution in [0.15, 0.2) is 66.7 Å². The minimum Gasteiger partial charge on any atom is -0.462 e. The van der Waals surface area contributed by atoms with Crippen molar-refractivity contribution in [1.82, 2.24) is 9.97 Å². The van der Waals surface area contributed by atoms with E-state index in [2.05, 4.69) is 15.3 Å². The molecule has 0 saturated heterocycles. The molecule has 0 amide bonds. The Kier molecular flexibility index (Phi) is 4.80. The Labute approximate surface area is 160 Å². The highest BCUT2D eigenvalue weighted by molar-refractivity contribution is 7.22. The number of anilines is 2. The van der Waals surface area contributed by atoms with E-state index in [4.69, 9.17) is 4.74 Å². The number of hydrogen-bond acceptors (Lipinski definition) is 6. The zero-order valence-corrected chi connectivity index (χ0v) is 15.5. The van der Waals surface area contributed by atoms with Crippen LogP contribution in [0.1, 0.15) is 17.3 Å². The van der Waals surface area contributed by atoms with Gasteiger partial charge in [0.2, 0.25) is 0 Å². The minimum atomic E-state index is -0.364. The summed E-state index contributed by atoms with van der Waals surface area (Å²) >= 11 is 1.39. The average molecular weight is 375 g/mol. The second-order valence-electron chi connectivity index (χ2n) is 5.80. The van der Waals surface area contributed by atoms with Gasteiger partial charge in [0.25, 0.3) is 0 Å². The molecule has 1 N–H and O–H groups in total. The zero-order chi connectivity index (χ0) is 18.6. The number of aromatic nitrogens is 2. The molecule has 27 heavy (non-hydrogen) atoms. The first-order valence-electron chi connectivity index (χ1n) is 8.61. The molecule has 0 unspecified atom stereocenters. The number of ether oxygens (including phenoxy) is 1. The van der Waals surface area contributed by atoms with Gasteiger partial charge in [-0.1, -0.05) is 59.9 Å². The smallest absolute Gasteiger partial charge is 0.339 e. The van der Waals surface area contributed by atoms with Crippen LogP contribution < -0.4 is 5.32 Å². The Morgan fingerprint density at radius 2 is 1.74 bits per heavy atom. The Morgan fingerprint density at radius 3 is 2.44 bits per heavy atom. The van der Waals surface area contributed by atoms with Gasteiger partial charge in [-0.25, -0.2) is 9.78 Å². The predicted molar refractivity (Wildman–Crippen MR) is 109 cm³/mol. The van der Waals surface area contributed by atoms with E-state index in [1.807, 2.05) is 60.7 Å². The number of rotatable bonds is 5. The zero-order valence-electron chi connectivity index (χ0n) is 14.7. The molecule has 2 aromatic heterocycles. The quantitative estimate of drug-likeness (QED) is 0.481. The molecular formula is C21H17N3O2S. The van der Waals surface area contributed by atoms with E-state index in [0.717, 1.165) is 11.3 Å². The first kappa shape index (κ1) is 17.2. The fourth-order valence-corrected chi connectivity index (χ4v) is 3.66. The number of thiazole rings is 1. The maximum atomic E-state index is 12.5. The van der Waals surface area contributed by atoms with Gasteiger partial charge < -0.3 is 10.1 Å². The van der Waals surface area contributed by atoms with Crippen molar-refractivity contribution in [2.45, 2.75) is 6.92 Å². The van der Waals surface area contributed by atoms with Crippen LogP contribution in [-0.4, -0.2) is 22.5 Å². The molecule has 0 saturated carbocycles. The van der Waals surface area contributed by atoms with E-state index in [1.54, 1.807) is 13.0 Å². The van der Waals surface area contributed by atoms with Crippen molar-refractivity contribution in [3.8, 4) is 11.3 Å². The van der Waals surface area contributed by atoms with Gasteiger partial charge in [0.15, 0.2) is 10.8 Å². The van der Waals surface area contributed by atoms with Crippen molar-refractivity contribution in [1.29, 1.82) is 0 Å². The van der Waals surface area contributed by atoms with Crippen LogP contribution in [0.3, 0.4) is 0 Å². The molecule has 0 aliphatic carbocycles. The van der Waals surface area contributed by atoms with Gasteiger partial charge in [-0.3, -0.25) is 0 Å². The first-order chi connectivity index (χ1) is 13.2. The molecule has 0 spiro atoms. The van der Waals surface area contributed by atoms with Gasteiger partial charge in [0.05, 0.1) is 22.6 Å². The van der Waals surface area contributed by atoms with Crippen LogP contribution in [0, 0.1) is 0 Å². The summed E-state index contributed by atoms with van der Waals surface area (Å²) in [6, 6.07) is 21.3. The number of carbonyl (C=O) groups is 1. The highest BCUT2D eigenvalue weighted by Crippen LogP contribution is 2.33. The van der Waals surface area contributed by atoms with E-state index in [9.17, 15) is 4.79 Å². The average Bonchev–Trinajstić information content (AvgIpc) is 3.11. The molecule has 4 rings (SSSR count). The largest absolute Gasteiger partial charge is 0.462 e. The van der Waals surface area contributed by atoms with Gasteiger partial charge in [0.1, 0.15) is 0 Å². The number of nitrogens with one attached hydrogen (secondary N) is 1. The molecule has 0 bridgehead atoms. The number of para-hydroxylation sites is 1. The maximum Gasteiger partial charge on any atom is 0.339 e. The van der Waals surface area contributed by atoms with Gasteiger partial charge >= 0.3 is 5.97 Å². The summed E-state index contributed by atoms with van der Waals surface area (Å²) in [5.41, 5.74) is 3.57. The standard InChI is InChI=1S/C21H17N3O2S/c1-2-26-20(25)16-13-17(14-9-5-3-6-10-14)23-19-18(16)27-21(24-19)22-15-11-7-4-8-12-15/h3-13H,2H2,1H3,(H,22,23,24). The fraction of sp³-hybridized carbons (Fsp3) is 0.0952. The molecule has 5 nitrogen and oxygen atoms in total. The van der Waals surface area contributed by atoms with E-state index < -0.39 is 0 Å². The highest BCUT2D eigenvalue weighted by atomic mass is 32.1. The Morgan fingerprint density at radius 1 is 1.04 bits per heavy atom.